The van der Waals surface area contributed by atoms with Gasteiger partial charge in [-0.2, -0.15) is 0 Å². The van der Waals surface area contributed by atoms with Crippen LogP contribution in [0.3, 0.4) is 0 Å². The molecule has 5 heteroatoms. The van der Waals surface area contributed by atoms with Crippen molar-refractivity contribution >= 4 is 11.1 Å². The van der Waals surface area contributed by atoms with E-state index in [2.05, 4.69) is 0 Å². The van der Waals surface area contributed by atoms with Gasteiger partial charge in [-0.3, -0.25) is 4.21 Å². The summed E-state index contributed by atoms with van der Waals surface area (Å²) in [5.41, 5.74) is -1.73. The molecule has 0 rings (SSSR count). The molecule has 0 amide bonds. The van der Waals surface area contributed by atoms with E-state index in [4.69, 9.17) is 0 Å². The Kier molecular flexibility index (Phi) is 8.09. The maximum atomic E-state index is 11.2. The number of hydrogen-bond donors (Lipinski definition) is 0. The van der Waals surface area contributed by atoms with Crippen molar-refractivity contribution in [3.8, 4) is 0 Å². The summed E-state index contributed by atoms with van der Waals surface area (Å²) >= 11 is -2.53. The molecule has 0 fully saturated rings. The molecule has 2 nitrogen and oxygen atoms in total. The van der Waals surface area contributed by atoms with Gasteiger partial charge in [0, 0.05) is 0 Å². The first-order valence-electron chi connectivity index (χ1n) is 1.36. The standard InChI is InChI=1S/C2H5FO2S.Na/c1-2(3)6(4)5;/h2H,1H3,(H,4,5);/q;+1/p-1. The van der Waals surface area contributed by atoms with Crippen LogP contribution in [0, 0.1) is 0 Å². The second kappa shape index (κ2) is 5.18. The molecule has 2 atom stereocenters. The van der Waals surface area contributed by atoms with Crippen molar-refractivity contribution in [1.29, 1.82) is 0 Å². The first-order chi connectivity index (χ1) is 2.64. The molecule has 0 spiro atoms. The second-order valence-electron chi connectivity index (χ2n) is 0.803. The molecule has 0 saturated heterocycles. The predicted molar refractivity (Wildman–Crippen MR) is 19.5 cm³/mol. The summed E-state index contributed by atoms with van der Waals surface area (Å²) in [4.78, 5) is 0. The quantitative estimate of drug-likeness (QED) is 0.287. The Labute approximate surface area is 66.1 Å². The van der Waals surface area contributed by atoms with E-state index in [9.17, 15) is 13.2 Å². The van der Waals surface area contributed by atoms with Gasteiger partial charge in [-0.25, -0.2) is 4.39 Å². The van der Waals surface area contributed by atoms with E-state index in [1.54, 1.807) is 0 Å². The van der Waals surface area contributed by atoms with Crippen molar-refractivity contribution in [1.82, 2.24) is 0 Å². The van der Waals surface area contributed by atoms with E-state index >= 15 is 0 Å². The smallest absolute Gasteiger partial charge is 0.770 e. The Hall–Kier alpha value is 1.04. The van der Waals surface area contributed by atoms with E-state index in [0.717, 1.165) is 6.92 Å². The Morgan fingerprint density at radius 2 is 2.00 bits per heavy atom. The summed E-state index contributed by atoms with van der Waals surface area (Å²) in [7, 11) is 0. The summed E-state index contributed by atoms with van der Waals surface area (Å²) < 4.78 is 29.9. The van der Waals surface area contributed by atoms with Crippen LogP contribution < -0.4 is 29.6 Å². The molecule has 0 aliphatic rings. The van der Waals surface area contributed by atoms with E-state index < -0.39 is 16.6 Å². The molecule has 0 aliphatic heterocycles. The fourth-order valence-electron chi connectivity index (χ4n) is 0. The molecule has 0 aliphatic carbocycles. The van der Waals surface area contributed by atoms with Crippen molar-refractivity contribution in [2.75, 3.05) is 0 Å². The van der Waals surface area contributed by atoms with E-state index in [-0.39, 0.29) is 29.6 Å². The van der Waals surface area contributed by atoms with Crippen molar-refractivity contribution in [2.24, 2.45) is 0 Å². The molecule has 0 N–H and O–H groups in total. The number of rotatable bonds is 1. The van der Waals surface area contributed by atoms with Gasteiger partial charge in [0.25, 0.3) is 0 Å². The molecule has 38 valence electrons. The van der Waals surface area contributed by atoms with Crippen LogP contribution >= 0.6 is 0 Å². The molecule has 0 saturated carbocycles. The summed E-state index contributed by atoms with van der Waals surface area (Å²) in [6, 6.07) is 0. The zero-order valence-corrected chi connectivity index (χ0v) is 7.00. The largest absolute Gasteiger partial charge is 1.00 e. The number of halogens is 1. The molecule has 2 unspecified atom stereocenters. The van der Waals surface area contributed by atoms with Crippen LogP contribution in [0.2, 0.25) is 0 Å². The topological polar surface area (TPSA) is 40.1 Å². The normalized spacial score (nSPS) is 17.0. The first kappa shape index (κ1) is 10.9. The minimum atomic E-state index is -2.53. The van der Waals surface area contributed by atoms with Gasteiger partial charge in [-0.1, -0.05) is 0 Å². The van der Waals surface area contributed by atoms with Gasteiger partial charge < -0.3 is 4.55 Å². The Balaban J connectivity index is 0. The molecule has 0 aromatic heterocycles. The molecule has 7 heavy (non-hydrogen) atoms. The molecule has 0 aromatic carbocycles. The van der Waals surface area contributed by atoms with Crippen molar-refractivity contribution in [3.05, 3.63) is 0 Å². The minimum Gasteiger partial charge on any atom is -0.770 e. The van der Waals surface area contributed by atoms with E-state index in [1.807, 2.05) is 0 Å². The fourth-order valence-corrected chi connectivity index (χ4v) is 0. The molecule has 0 heterocycles. The SMILES string of the molecule is CC(F)S(=O)[O-].[Na+]. The van der Waals surface area contributed by atoms with Crippen molar-refractivity contribution in [2.45, 2.75) is 12.4 Å². The van der Waals surface area contributed by atoms with Gasteiger partial charge in [-0.05, 0) is 18.0 Å². The van der Waals surface area contributed by atoms with Crippen LogP contribution in [0.25, 0.3) is 0 Å². The van der Waals surface area contributed by atoms with Gasteiger partial charge >= 0.3 is 29.6 Å². The zero-order valence-electron chi connectivity index (χ0n) is 4.18. The van der Waals surface area contributed by atoms with Gasteiger partial charge in [0.15, 0.2) is 5.50 Å². The molecular formula is C2H4FNaO2S. The van der Waals surface area contributed by atoms with Crippen LogP contribution in [0.15, 0.2) is 0 Å². The van der Waals surface area contributed by atoms with Crippen LogP contribution in [-0.4, -0.2) is 14.3 Å². The Bertz CT molecular complexity index is 66.7. The second-order valence-corrected chi connectivity index (χ2v) is 1.97. The third kappa shape index (κ3) is 7.04. The molecule has 0 radical (unpaired) electrons. The summed E-state index contributed by atoms with van der Waals surface area (Å²) in [6.07, 6.45) is 0. The predicted octanol–water partition coefficient (Wildman–Crippen LogP) is -2.81. The van der Waals surface area contributed by atoms with Gasteiger partial charge in [0.1, 0.15) is 0 Å². The number of alkyl halides is 1. The van der Waals surface area contributed by atoms with Crippen LogP contribution in [0.1, 0.15) is 6.92 Å². The summed E-state index contributed by atoms with van der Waals surface area (Å²) in [5, 5.41) is 0. The third-order valence-electron chi connectivity index (χ3n) is 0.265. The van der Waals surface area contributed by atoms with E-state index in [0.29, 0.717) is 0 Å². The molecule has 0 bridgehead atoms. The Morgan fingerprint density at radius 1 is 1.86 bits per heavy atom. The van der Waals surface area contributed by atoms with Crippen molar-refractivity contribution < 1.29 is 42.7 Å². The van der Waals surface area contributed by atoms with Gasteiger partial charge in [0.05, 0.1) is 0 Å². The van der Waals surface area contributed by atoms with Crippen LogP contribution in [-0.2, 0) is 11.1 Å². The zero-order chi connectivity index (χ0) is 5.15. The monoisotopic (exact) mass is 134 g/mol. The summed E-state index contributed by atoms with van der Waals surface area (Å²) in [5.74, 6) is 0. The third-order valence-corrected chi connectivity index (χ3v) is 0.796. The first-order valence-corrected chi connectivity index (χ1v) is 2.50. The minimum absolute atomic E-state index is 0. The van der Waals surface area contributed by atoms with Gasteiger partial charge in [0.2, 0.25) is 0 Å². The van der Waals surface area contributed by atoms with Crippen LogP contribution in [0.5, 0.6) is 0 Å². The number of hydrogen-bond acceptors (Lipinski definition) is 2. The average molecular weight is 134 g/mol. The van der Waals surface area contributed by atoms with E-state index in [1.165, 1.54) is 0 Å². The summed E-state index contributed by atoms with van der Waals surface area (Å²) in [6.45, 7) is 0.961. The van der Waals surface area contributed by atoms with Crippen molar-refractivity contribution in [3.63, 3.8) is 0 Å². The molecule has 0 aromatic rings. The maximum absolute atomic E-state index is 11.2. The Morgan fingerprint density at radius 3 is 2.00 bits per heavy atom. The van der Waals surface area contributed by atoms with Crippen LogP contribution in [0.4, 0.5) is 4.39 Å². The maximum Gasteiger partial charge on any atom is 1.00 e. The average Bonchev–Trinajstić information content (AvgIpc) is 1.36. The molecular weight excluding hydrogens is 130 g/mol. The van der Waals surface area contributed by atoms with Gasteiger partial charge in [-0.15, -0.1) is 0 Å². The fraction of sp³-hybridized carbons (Fsp3) is 1.00.